The normalized spacial score (nSPS) is 12.6. The first-order valence-electron chi connectivity index (χ1n) is 3.27. The fraction of sp³-hybridized carbons (Fsp3) is 0.750. The van der Waals surface area contributed by atoms with Gasteiger partial charge in [-0.25, -0.2) is 0 Å². The lowest BCUT2D eigenvalue weighted by molar-refractivity contribution is 0.614. The second-order valence-electron chi connectivity index (χ2n) is 2.21. The van der Waals surface area contributed by atoms with E-state index in [9.17, 15) is 0 Å². The Morgan fingerprint density at radius 1 is 1.62 bits per heavy atom. The summed E-state index contributed by atoms with van der Waals surface area (Å²) in [5.74, 6) is 3.18. The largest absolute Gasteiger partial charge is 0.120 e. The first-order chi connectivity index (χ1) is 3.81. The molecule has 0 aromatic heterocycles. The van der Waals surface area contributed by atoms with E-state index in [1.54, 1.807) is 0 Å². The Kier molecular flexibility index (Phi) is 4.45. The van der Waals surface area contributed by atoms with Gasteiger partial charge in [0, 0.05) is 5.92 Å². The maximum atomic E-state index is 5.16. The van der Waals surface area contributed by atoms with Gasteiger partial charge < -0.3 is 0 Å². The van der Waals surface area contributed by atoms with E-state index in [1.807, 2.05) is 0 Å². The van der Waals surface area contributed by atoms with Crippen molar-refractivity contribution in [3.05, 3.63) is 0 Å². The molecule has 0 aliphatic rings. The highest BCUT2D eigenvalue weighted by Gasteiger charge is 1.92. The number of hydrogen-bond acceptors (Lipinski definition) is 0. The maximum absolute atomic E-state index is 5.16. The van der Waals surface area contributed by atoms with Crippen molar-refractivity contribution in [1.82, 2.24) is 0 Å². The van der Waals surface area contributed by atoms with Crippen molar-refractivity contribution in [3.8, 4) is 12.3 Å². The molecule has 0 rings (SSSR count). The Bertz CT molecular complexity index is 76.5. The summed E-state index contributed by atoms with van der Waals surface area (Å²) in [5.41, 5.74) is 0. The van der Waals surface area contributed by atoms with E-state index >= 15 is 0 Å². The fourth-order valence-electron chi connectivity index (χ4n) is 0.594. The molecule has 0 unspecified atom stereocenters. The number of terminal acetylenes is 1. The van der Waals surface area contributed by atoms with Gasteiger partial charge in [-0.3, -0.25) is 0 Å². The second kappa shape index (κ2) is 4.71. The molecule has 0 aromatic rings. The molecular formula is C8H14. The molecule has 0 nitrogen and oxygen atoms in total. The Balaban J connectivity index is 3.02. The van der Waals surface area contributed by atoms with E-state index in [0.717, 1.165) is 0 Å². The average molecular weight is 110 g/mol. The topological polar surface area (TPSA) is 0 Å². The Morgan fingerprint density at radius 3 is 2.62 bits per heavy atom. The van der Waals surface area contributed by atoms with Crippen molar-refractivity contribution in [2.75, 3.05) is 0 Å². The van der Waals surface area contributed by atoms with Gasteiger partial charge in [-0.2, -0.15) is 0 Å². The van der Waals surface area contributed by atoms with Gasteiger partial charge in [0.2, 0.25) is 0 Å². The van der Waals surface area contributed by atoms with E-state index < -0.39 is 0 Å². The summed E-state index contributed by atoms with van der Waals surface area (Å²) in [6, 6.07) is 0. The van der Waals surface area contributed by atoms with Gasteiger partial charge in [-0.05, 0) is 6.42 Å². The molecule has 0 aliphatic carbocycles. The summed E-state index contributed by atoms with van der Waals surface area (Å²) < 4.78 is 0. The van der Waals surface area contributed by atoms with E-state index in [4.69, 9.17) is 6.42 Å². The third kappa shape index (κ3) is 3.74. The van der Waals surface area contributed by atoms with Crippen LogP contribution in [0, 0.1) is 18.3 Å². The summed E-state index contributed by atoms with van der Waals surface area (Å²) in [7, 11) is 0. The van der Waals surface area contributed by atoms with Gasteiger partial charge >= 0.3 is 0 Å². The van der Waals surface area contributed by atoms with Gasteiger partial charge in [-0.15, -0.1) is 12.3 Å². The van der Waals surface area contributed by atoms with Crippen LogP contribution in [0.1, 0.15) is 33.1 Å². The first kappa shape index (κ1) is 7.56. The molecule has 0 saturated heterocycles. The predicted molar refractivity (Wildman–Crippen MR) is 37.5 cm³/mol. The summed E-state index contributed by atoms with van der Waals surface area (Å²) in [6.07, 6.45) is 8.88. The zero-order valence-electron chi connectivity index (χ0n) is 5.78. The van der Waals surface area contributed by atoms with Crippen LogP contribution in [-0.4, -0.2) is 0 Å². The van der Waals surface area contributed by atoms with Crippen LogP contribution in [0.5, 0.6) is 0 Å². The molecule has 0 saturated carbocycles. The van der Waals surface area contributed by atoms with Crippen LogP contribution in [0.3, 0.4) is 0 Å². The van der Waals surface area contributed by atoms with Gasteiger partial charge in [0.25, 0.3) is 0 Å². The molecule has 0 spiro atoms. The van der Waals surface area contributed by atoms with Crippen molar-refractivity contribution in [3.63, 3.8) is 0 Å². The average Bonchev–Trinajstić information content (AvgIpc) is 1.83. The summed E-state index contributed by atoms with van der Waals surface area (Å²) in [6.45, 7) is 4.28. The lowest BCUT2D eigenvalue weighted by atomic mass is 10.1. The molecule has 46 valence electrons. The van der Waals surface area contributed by atoms with Crippen LogP contribution in [0.2, 0.25) is 0 Å². The van der Waals surface area contributed by atoms with Crippen molar-refractivity contribution in [2.45, 2.75) is 33.1 Å². The molecule has 0 radical (unpaired) electrons. The Morgan fingerprint density at radius 2 is 2.25 bits per heavy atom. The minimum absolute atomic E-state index is 0.481. The summed E-state index contributed by atoms with van der Waals surface area (Å²) in [4.78, 5) is 0. The number of unbranched alkanes of at least 4 members (excludes halogenated alkanes) is 1. The lowest BCUT2D eigenvalue weighted by Crippen LogP contribution is -1.87. The van der Waals surface area contributed by atoms with E-state index in [1.165, 1.54) is 19.3 Å². The Labute approximate surface area is 52.3 Å². The number of hydrogen-bond donors (Lipinski definition) is 0. The predicted octanol–water partition coefficient (Wildman–Crippen LogP) is 2.45. The maximum Gasteiger partial charge on any atom is 0.0171 e. The highest BCUT2D eigenvalue weighted by molar-refractivity contribution is 4.89. The quantitative estimate of drug-likeness (QED) is 0.489. The monoisotopic (exact) mass is 110 g/mol. The zero-order chi connectivity index (χ0) is 6.41. The van der Waals surface area contributed by atoms with Crippen molar-refractivity contribution >= 4 is 0 Å². The molecular weight excluding hydrogens is 96.1 g/mol. The van der Waals surface area contributed by atoms with E-state index in [-0.39, 0.29) is 0 Å². The van der Waals surface area contributed by atoms with Crippen LogP contribution < -0.4 is 0 Å². The smallest absolute Gasteiger partial charge is 0.0171 e. The van der Waals surface area contributed by atoms with Gasteiger partial charge in [0.05, 0.1) is 0 Å². The highest BCUT2D eigenvalue weighted by atomic mass is 14.0. The van der Waals surface area contributed by atoms with Crippen molar-refractivity contribution < 1.29 is 0 Å². The molecule has 0 bridgehead atoms. The van der Waals surface area contributed by atoms with Crippen molar-refractivity contribution in [2.24, 2.45) is 5.92 Å². The SMILES string of the molecule is C#C[C@@H](C)CCCC. The van der Waals surface area contributed by atoms with Gasteiger partial charge in [-0.1, -0.05) is 26.7 Å². The molecule has 0 amide bonds. The first-order valence-corrected chi connectivity index (χ1v) is 3.27. The molecule has 0 N–H and O–H groups in total. The molecule has 0 fully saturated rings. The number of rotatable bonds is 3. The van der Waals surface area contributed by atoms with Gasteiger partial charge in [0.1, 0.15) is 0 Å². The molecule has 0 aromatic carbocycles. The van der Waals surface area contributed by atoms with Crippen LogP contribution in [0.25, 0.3) is 0 Å². The zero-order valence-corrected chi connectivity index (χ0v) is 5.78. The second-order valence-corrected chi connectivity index (χ2v) is 2.21. The van der Waals surface area contributed by atoms with Crippen LogP contribution in [-0.2, 0) is 0 Å². The fourth-order valence-corrected chi connectivity index (χ4v) is 0.594. The molecule has 0 aliphatic heterocycles. The molecule has 0 heteroatoms. The summed E-state index contributed by atoms with van der Waals surface area (Å²) >= 11 is 0. The lowest BCUT2D eigenvalue weighted by Gasteiger charge is -1.98. The van der Waals surface area contributed by atoms with Crippen LogP contribution in [0.15, 0.2) is 0 Å². The van der Waals surface area contributed by atoms with Gasteiger partial charge in [0.15, 0.2) is 0 Å². The summed E-state index contributed by atoms with van der Waals surface area (Å²) in [5, 5.41) is 0. The third-order valence-corrected chi connectivity index (χ3v) is 1.28. The minimum Gasteiger partial charge on any atom is -0.120 e. The third-order valence-electron chi connectivity index (χ3n) is 1.28. The van der Waals surface area contributed by atoms with E-state index in [0.29, 0.717) is 5.92 Å². The van der Waals surface area contributed by atoms with Crippen LogP contribution in [0.4, 0.5) is 0 Å². The van der Waals surface area contributed by atoms with Crippen LogP contribution >= 0.6 is 0 Å². The molecule has 0 heterocycles. The standard InChI is InChI=1S/C8H14/c1-4-6-7-8(3)5-2/h2,8H,4,6-7H2,1,3H3/t8-/m1/s1. The molecule has 8 heavy (non-hydrogen) atoms. The molecule has 1 atom stereocenters. The van der Waals surface area contributed by atoms with E-state index in [2.05, 4.69) is 19.8 Å². The minimum atomic E-state index is 0.481. The Hall–Kier alpha value is -0.440. The van der Waals surface area contributed by atoms with Crippen molar-refractivity contribution in [1.29, 1.82) is 0 Å². The highest BCUT2D eigenvalue weighted by Crippen LogP contribution is 2.04.